The van der Waals surface area contributed by atoms with Crippen LogP contribution in [0.4, 0.5) is 0 Å². The van der Waals surface area contributed by atoms with Crippen molar-refractivity contribution >= 4 is 21.7 Å². The van der Waals surface area contributed by atoms with Gasteiger partial charge in [-0.2, -0.15) is 0 Å². The van der Waals surface area contributed by atoms with E-state index in [9.17, 15) is 4.79 Å². The Hall–Kier alpha value is -0.710. The Bertz CT molecular complexity index is 306. The van der Waals surface area contributed by atoms with E-state index >= 15 is 0 Å². The van der Waals surface area contributed by atoms with Crippen molar-refractivity contribution in [3.8, 4) is 0 Å². The number of ketones is 1. The van der Waals surface area contributed by atoms with E-state index in [1.54, 1.807) is 18.2 Å². The lowest BCUT2D eigenvalue weighted by Gasteiger charge is -2.28. The average molecular weight is 259 g/mol. The van der Waals surface area contributed by atoms with E-state index in [0.29, 0.717) is 0 Å². The smallest absolute Gasteiger partial charge is 0.254 e. The van der Waals surface area contributed by atoms with Crippen molar-refractivity contribution in [3.05, 3.63) is 35.4 Å². The maximum absolute atomic E-state index is 11.6. The molecular weight excluding hydrogens is 248 g/mol. The summed E-state index contributed by atoms with van der Waals surface area (Å²) in [5, 5.41) is 0. The second kappa shape index (κ2) is 4.68. The fourth-order valence-corrected chi connectivity index (χ4v) is 1.52. The monoisotopic (exact) mass is 258 g/mol. The summed E-state index contributed by atoms with van der Waals surface area (Å²) < 4.78 is 11.1. The van der Waals surface area contributed by atoms with E-state index in [4.69, 9.17) is 9.47 Å². The van der Waals surface area contributed by atoms with Crippen molar-refractivity contribution in [3.63, 3.8) is 0 Å². The van der Waals surface area contributed by atoms with Gasteiger partial charge >= 0.3 is 0 Å². The summed E-state index contributed by atoms with van der Waals surface area (Å²) in [6, 6.07) is 0. The van der Waals surface area contributed by atoms with Gasteiger partial charge in [-0.25, -0.2) is 0 Å². The van der Waals surface area contributed by atoms with Crippen molar-refractivity contribution in [2.45, 2.75) is 5.79 Å². The van der Waals surface area contributed by atoms with Gasteiger partial charge in [0.25, 0.3) is 5.79 Å². The molecule has 4 heteroatoms. The third-order valence-corrected chi connectivity index (χ3v) is 2.28. The van der Waals surface area contributed by atoms with Crippen molar-refractivity contribution in [2.24, 2.45) is 0 Å². The summed E-state index contributed by atoms with van der Waals surface area (Å²) in [5.41, 5.74) is 0. The van der Waals surface area contributed by atoms with Crippen LogP contribution in [0.3, 0.4) is 0 Å². The summed E-state index contributed by atoms with van der Waals surface area (Å²) in [7, 11) is 1.43. The first-order valence-electron chi connectivity index (χ1n) is 4.05. The Balaban J connectivity index is 2.91. The summed E-state index contributed by atoms with van der Waals surface area (Å²) >= 11 is 3.26. The number of methoxy groups -OCH3 is 1. The Morgan fingerprint density at radius 2 is 2.36 bits per heavy atom. The molecule has 0 radical (unpaired) electrons. The molecule has 3 nitrogen and oxygen atoms in total. The van der Waals surface area contributed by atoms with Gasteiger partial charge in [-0.05, 0) is 18.2 Å². The molecule has 0 aliphatic heterocycles. The first kappa shape index (κ1) is 11.4. The molecule has 0 fully saturated rings. The third kappa shape index (κ3) is 2.20. The molecule has 0 saturated carbocycles. The van der Waals surface area contributed by atoms with Crippen LogP contribution in [0.25, 0.3) is 0 Å². The van der Waals surface area contributed by atoms with E-state index in [1.807, 2.05) is 0 Å². The minimum Gasteiger partial charge on any atom is -0.343 e. The maximum Gasteiger partial charge on any atom is 0.254 e. The number of ether oxygens (including phenoxy) is 2. The quantitative estimate of drug-likeness (QED) is 0.571. The number of carbonyl (C=O) groups excluding carboxylic acids is 1. The highest BCUT2D eigenvalue weighted by Crippen LogP contribution is 2.26. The molecular formula is C10H11BrO3. The van der Waals surface area contributed by atoms with Crippen LogP contribution in [0.1, 0.15) is 0 Å². The van der Waals surface area contributed by atoms with E-state index < -0.39 is 5.79 Å². The zero-order chi connectivity index (χ0) is 10.6. The average Bonchev–Trinajstić information content (AvgIpc) is 2.20. The third-order valence-electron chi connectivity index (χ3n) is 1.78. The molecule has 0 N–H and O–H groups in total. The van der Waals surface area contributed by atoms with E-state index in [0.717, 1.165) is 4.48 Å². The van der Waals surface area contributed by atoms with Crippen LogP contribution in [-0.2, 0) is 14.3 Å². The van der Waals surface area contributed by atoms with E-state index in [2.05, 4.69) is 22.5 Å². The number of halogens is 1. The molecule has 1 aliphatic rings. The van der Waals surface area contributed by atoms with Gasteiger partial charge < -0.3 is 9.47 Å². The molecule has 1 aliphatic carbocycles. The lowest BCUT2D eigenvalue weighted by molar-refractivity contribution is -0.187. The number of carbonyl (C=O) groups is 1. The van der Waals surface area contributed by atoms with Crippen LogP contribution >= 0.6 is 15.9 Å². The molecule has 0 bridgehead atoms. The van der Waals surface area contributed by atoms with Crippen LogP contribution in [0.15, 0.2) is 35.4 Å². The lowest BCUT2D eigenvalue weighted by atomic mass is 10.1. The van der Waals surface area contributed by atoms with Gasteiger partial charge in [0.05, 0.1) is 6.61 Å². The predicted octanol–water partition coefficient (Wildman–Crippen LogP) is 1.95. The Morgan fingerprint density at radius 3 is 2.93 bits per heavy atom. The van der Waals surface area contributed by atoms with Crippen LogP contribution < -0.4 is 0 Å². The Labute approximate surface area is 91.2 Å². The van der Waals surface area contributed by atoms with E-state index in [-0.39, 0.29) is 12.4 Å². The van der Waals surface area contributed by atoms with Crippen LogP contribution in [0, 0.1) is 0 Å². The number of allylic oxidation sites excluding steroid dienone is 2. The highest BCUT2D eigenvalue weighted by Gasteiger charge is 2.37. The molecule has 1 atom stereocenters. The fourth-order valence-electron chi connectivity index (χ4n) is 1.09. The van der Waals surface area contributed by atoms with Crippen molar-refractivity contribution in [1.29, 1.82) is 0 Å². The zero-order valence-electron chi connectivity index (χ0n) is 7.83. The zero-order valence-corrected chi connectivity index (χ0v) is 9.41. The number of rotatable bonds is 4. The lowest BCUT2D eigenvalue weighted by Crippen LogP contribution is -2.42. The molecule has 0 saturated heterocycles. The molecule has 76 valence electrons. The summed E-state index contributed by atoms with van der Waals surface area (Å²) in [6.07, 6.45) is 6.21. The molecule has 0 spiro atoms. The number of hydrogen-bond acceptors (Lipinski definition) is 3. The molecule has 0 aromatic rings. The minimum absolute atomic E-state index is 0.231. The summed E-state index contributed by atoms with van der Waals surface area (Å²) in [4.78, 5) is 11.6. The van der Waals surface area contributed by atoms with Crippen molar-refractivity contribution in [1.82, 2.24) is 0 Å². The van der Waals surface area contributed by atoms with Gasteiger partial charge in [-0.3, -0.25) is 4.79 Å². The van der Waals surface area contributed by atoms with Crippen LogP contribution in [-0.4, -0.2) is 25.3 Å². The second-order valence-electron chi connectivity index (χ2n) is 2.70. The molecule has 0 aromatic carbocycles. The van der Waals surface area contributed by atoms with Gasteiger partial charge in [-0.1, -0.05) is 22.0 Å². The van der Waals surface area contributed by atoms with Crippen LogP contribution in [0.5, 0.6) is 0 Å². The Kier molecular flexibility index (Phi) is 3.80. The van der Waals surface area contributed by atoms with Gasteiger partial charge in [0.15, 0.2) is 0 Å². The second-order valence-corrected chi connectivity index (χ2v) is 3.61. The molecule has 1 rings (SSSR count). The molecule has 0 aromatic heterocycles. The SMILES string of the molecule is C=CCOC1(OC)C=C(Br)C=CC1=O. The van der Waals surface area contributed by atoms with Gasteiger partial charge in [0.2, 0.25) is 5.78 Å². The molecule has 1 unspecified atom stereocenters. The van der Waals surface area contributed by atoms with Gasteiger partial charge in [0, 0.05) is 11.6 Å². The predicted molar refractivity (Wildman–Crippen MR) is 57.0 cm³/mol. The highest BCUT2D eigenvalue weighted by atomic mass is 79.9. The standard InChI is InChI=1S/C10H11BrO3/c1-3-6-14-10(13-2)7-8(11)4-5-9(10)12/h3-5,7H,1,6H2,2H3. The van der Waals surface area contributed by atoms with E-state index in [1.165, 1.54) is 13.2 Å². The van der Waals surface area contributed by atoms with Gasteiger partial charge in [0.1, 0.15) is 0 Å². The summed E-state index contributed by atoms with van der Waals surface area (Å²) in [6.45, 7) is 3.77. The minimum atomic E-state index is -1.30. The highest BCUT2D eigenvalue weighted by molar-refractivity contribution is 9.11. The first-order chi connectivity index (χ1) is 6.64. The topological polar surface area (TPSA) is 35.5 Å². The first-order valence-corrected chi connectivity index (χ1v) is 4.85. The Morgan fingerprint density at radius 1 is 1.64 bits per heavy atom. The van der Waals surface area contributed by atoms with Crippen molar-refractivity contribution < 1.29 is 14.3 Å². The largest absolute Gasteiger partial charge is 0.343 e. The molecule has 0 heterocycles. The molecule has 14 heavy (non-hydrogen) atoms. The normalized spacial score (nSPS) is 26.1. The van der Waals surface area contributed by atoms with Crippen molar-refractivity contribution in [2.75, 3.05) is 13.7 Å². The number of hydrogen-bond donors (Lipinski definition) is 0. The van der Waals surface area contributed by atoms with Crippen LogP contribution in [0.2, 0.25) is 0 Å². The summed E-state index contributed by atoms with van der Waals surface area (Å²) in [5.74, 6) is -1.54. The fraction of sp³-hybridized carbons (Fsp3) is 0.300. The van der Waals surface area contributed by atoms with Gasteiger partial charge in [-0.15, -0.1) is 6.58 Å². The molecule has 0 amide bonds. The maximum atomic E-state index is 11.6.